The first-order valence-corrected chi connectivity index (χ1v) is 6.37. The molecular formula is C13H17N3O3. The van der Waals surface area contributed by atoms with Gasteiger partial charge in [0.1, 0.15) is 0 Å². The van der Waals surface area contributed by atoms with Crippen LogP contribution in [0, 0.1) is 0 Å². The number of nitrogens with one attached hydrogen (secondary N) is 1. The third-order valence-corrected chi connectivity index (χ3v) is 3.56. The molecule has 4 N–H and O–H groups in total. The minimum absolute atomic E-state index is 0.00163. The van der Waals surface area contributed by atoms with Crippen molar-refractivity contribution < 1.29 is 14.6 Å². The highest BCUT2D eigenvalue weighted by Gasteiger charge is 2.25. The molecule has 2 heterocycles. The lowest BCUT2D eigenvalue weighted by Crippen LogP contribution is -2.44. The molecule has 0 aromatic heterocycles. The van der Waals surface area contributed by atoms with E-state index in [1.54, 1.807) is 0 Å². The van der Waals surface area contributed by atoms with Gasteiger partial charge in [-0.25, -0.2) is 0 Å². The minimum Gasteiger partial charge on any atom is -0.397 e. The van der Waals surface area contributed by atoms with Gasteiger partial charge in [0.2, 0.25) is 5.91 Å². The SMILES string of the molecule is Nc1cc2c(cc1N1CCOC(CO)C1)NC(=O)C2. The number of anilines is 3. The molecule has 0 spiro atoms. The third kappa shape index (κ3) is 2.24. The lowest BCUT2D eigenvalue weighted by Gasteiger charge is -2.34. The molecule has 0 bridgehead atoms. The number of aliphatic hydroxyl groups is 1. The second kappa shape index (κ2) is 4.71. The maximum atomic E-state index is 11.4. The molecule has 0 radical (unpaired) electrons. The molecule has 0 aliphatic carbocycles. The number of carbonyl (C=O) groups excluding carboxylic acids is 1. The predicted octanol–water partition coefficient (Wildman–Crippen LogP) is -0.0391. The van der Waals surface area contributed by atoms with Crippen LogP contribution in [0.15, 0.2) is 12.1 Å². The predicted molar refractivity (Wildman–Crippen MR) is 72.2 cm³/mol. The van der Waals surface area contributed by atoms with Gasteiger partial charge in [0.05, 0.1) is 37.1 Å². The highest BCUT2D eigenvalue weighted by Crippen LogP contribution is 2.34. The molecule has 0 saturated carbocycles. The van der Waals surface area contributed by atoms with Crippen molar-refractivity contribution in [3.8, 4) is 0 Å². The summed E-state index contributed by atoms with van der Waals surface area (Å²) in [5, 5.41) is 12.0. The Bertz CT molecular complexity index is 518. The lowest BCUT2D eigenvalue weighted by atomic mass is 10.1. The molecule has 19 heavy (non-hydrogen) atoms. The normalized spacial score (nSPS) is 22.3. The highest BCUT2D eigenvalue weighted by atomic mass is 16.5. The molecule has 102 valence electrons. The standard InChI is InChI=1S/C13H17N3O3/c14-10-3-8-4-13(18)15-11(8)5-12(10)16-1-2-19-9(6-16)7-17/h3,5,9,17H,1-2,4,6-7,14H2,(H,15,18). The topological polar surface area (TPSA) is 87.8 Å². The van der Waals surface area contributed by atoms with Crippen LogP contribution in [0.3, 0.4) is 0 Å². The molecule has 6 nitrogen and oxygen atoms in total. The average molecular weight is 263 g/mol. The number of ether oxygens (including phenoxy) is 1. The Balaban J connectivity index is 1.89. The van der Waals surface area contributed by atoms with Crippen molar-refractivity contribution in [1.82, 2.24) is 0 Å². The van der Waals surface area contributed by atoms with Gasteiger partial charge in [0.15, 0.2) is 0 Å². The molecule has 1 fully saturated rings. The first kappa shape index (κ1) is 12.3. The van der Waals surface area contributed by atoms with Crippen molar-refractivity contribution in [3.63, 3.8) is 0 Å². The van der Waals surface area contributed by atoms with Gasteiger partial charge in [-0.15, -0.1) is 0 Å². The van der Waals surface area contributed by atoms with E-state index in [0.717, 1.165) is 23.5 Å². The molecule has 1 amide bonds. The molecular weight excluding hydrogens is 246 g/mol. The van der Waals surface area contributed by atoms with Crippen LogP contribution in [0.5, 0.6) is 0 Å². The quantitative estimate of drug-likeness (QED) is 0.652. The van der Waals surface area contributed by atoms with Crippen LogP contribution in [-0.2, 0) is 16.0 Å². The van der Waals surface area contributed by atoms with Gasteiger partial charge in [-0.1, -0.05) is 0 Å². The Morgan fingerprint density at radius 3 is 3.16 bits per heavy atom. The average Bonchev–Trinajstić information content (AvgIpc) is 2.77. The summed E-state index contributed by atoms with van der Waals surface area (Å²) in [6.07, 6.45) is 0.207. The maximum Gasteiger partial charge on any atom is 0.228 e. The van der Waals surface area contributed by atoms with Gasteiger partial charge in [-0.2, -0.15) is 0 Å². The number of benzene rings is 1. The fraction of sp³-hybridized carbons (Fsp3) is 0.462. The van der Waals surface area contributed by atoms with Crippen molar-refractivity contribution in [2.75, 3.05) is 42.3 Å². The van der Waals surface area contributed by atoms with Crippen molar-refractivity contribution in [1.29, 1.82) is 0 Å². The van der Waals surface area contributed by atoms with Crippen LogP contribution in [0.2, 0.25) is 0 Å². The molecule has 1 aromatic rings. The van der Waals surface area contributed by atoms with Gasteiger partial charge in [-0.05, 0) is 17.7 Å². The zero-order valence-electron chi connectivity index (χ0n) is 10.6. The second-order valence-electron chi connectivity index (χ2n) is 4.91. The third-order valence-electron chi connectivity index (χ3n) is 3.56. The van der Waals surface area contributed by atoms with E-state index >= 15 is 0 Å². The Labute approximate surface area is 111 Å². The molecule has 2 aliphatic heterocycles. The molecule has 1 atom stereocenters. The van der Waals surface area contributed by atoms with E-state index in [-0.39, 0.29) is 18.6 Å². The smallest absolute Gasteiger partial charge is 0.228 e. The van der Waals surface area contributed by atoms with E-state index in [2.05, 4.69) is 10.2 Å². The van der Waals surface area contributed by atoms with E-state index in [1.165, 1.54) is 0 Å². The number of nitrogens with zero attached hydrogens (tertiary/aromatic N) is 1. The van der Waals surface area contributed by atoms with E-state index in [0.29, 0.717) is 25.3 Å². The van der Waals surface area contributed by atoms with Gasteiger partial charge in [0.25, 0.3) is 0 Å². The second-order valence-corrected chi connectivity index (χ2v) is 4.91. The van der Waals surface area contributed by atoms with Crippen LogP contribution in [0.1, 0.15) is 5.56 Å². The van der Waals surface area contributed by atoms with Crippen molar-refractivity contribution >= 4 is 23.0 Å². The van der Waals surface area contributed by atoms with Gasteiger partial charge < -0.3 is 25.8 Å². The number of amides is 1. The molecule has 3 rings (SSSR count). The van der Waals surface area contributed by atoms with Crippen LogP contribution >= 0.6 is 0 Å². The summed E-state index contributed by atoms with van der Waals surface area (Å²) >= 11 is 0. The summed E-state index contributed by atoms with van der Waals surface area (Å²) in [6.45, 7) is 1.90. The summed E-state index contributed by atoms with van der Waals surface area (Å²) in [5.74, 6) is 0.00163. The molecule has 6 heteroatoms. The summed E-state index contributed by atoms with van der Waals surface area (Å²) in [4.78, 5) is 13.5. The summed E-state index contributed by atoms with van der Waals surface area (Å²) in [7, 11) is 0. The molecule has 1 aromatic carbocycles. The van der Waals surface area contributed by atoms with Crippen molar-refractivity contribution in [3.05, 3.63) is 17.7 Å². The molecule has 2 aliphatic rings. The largest absolute Gasteiger partial charge is 0.397 e. The number of hydrogen-bond donors (Lipinski definition) is 3. The van der Waals surface area contributed by atoms with E-state index in [4.69, 9.17) is 10.5 Å². The highest BCUT2D eigenvalue weighted by molar-refractivity contribution is 6.00. The van der Waals surface area contributed by atoms with Gasteiger partial charge in [-0.3, -0.25) is 4.79 Å². The lowest BCUT2D eigenvalue weighted by molar-refractivity contribution is -0.115. The number of hydrogen-bond acceptors (Lipinski definition) is 5. The summed E-state index contributed by atoms with van der Waals surface area (Å²) in [5.41, 5.74) is 9.40. The van der Waals surface area contributed by atoms with E-state index in [9.17, 15) is 9.90 Å². The van der Waals surface area contributed by atoms with Gasteiger partial charge in [0, 0.05) is 18.8 Å². The first-order valence-electron chi connectivity index (χ1n) is 6.37. The van der Waals surface area contributed by atoms with Gasteiger partial charge >= 0.3 is 0 Å². The zero-order valence-corrected chi connectivity index (χ0v) is 10.6. The van der Waals surface area contributed by atoms with Crippen molar-refractivity contribution in [2.24, 2.45) is 0 Å². The van der Waals surface area contributed by atoms with Crippen LogP contribution < -0.4 is 16.0 Å². The number of carbonyl (C=O) groups is 1. The summed E-state index contributed by atoms with van der Waals surface area (Å²) < 4.78 is 5.43. The Morgan fingerprint density at radius 1 is 1.53 bits per heavy atom. The summed E-state index contributed by atoms with van der Waals surface area (Å²) in [6, 6.07) is 3.77. The van der Waals surface area contributed by atoms with E-state index < -0.39 is 0 Å². The maximum absolute atomic E-state index is 11.4. The molecule has 1 saturated heterocycles. The number of fused-ring (bicyclic) bond motifs is 1. The number of rotatable bonds is 2. The molecule has 1 unspecified atom stereocenters. The Kier molecular flexibility index (Phi) is 3.04. The van der Waals surface area contributed by atoms with Crippen LogP contribution in [0.4, 0.5) is 17.1 Å². The minimum atomic E-state index is -0.184. The zero-order chi connectivity index (χ0) is 13.4. The number of nitrogen functional groups attached to an aromatic ring is 1. The fourth-order valence-corrected chi connectivity index (χ4v) is 2.60. The monoisotopic (exact) mass is 263 g/mol. The van der Waals surface area contributed by atoms with E-state index in [1.807, 2.05) is 12.1 Å². The number of aliphatic hydroxyl groups excluding tert-OH is 1. The van der Waals surface area contributed by atoms with Crippen molar-refractivity contribution in [2.45, 2.75) is 12.5 Å². The Hall–Kier alpha value is -1.79. The first-order chi connectivity index (χ1) is 9.17. The van der Waals surface area contributed by atoms with Crippen LogP contribution in [-0.4, -0.2) is 43.4 Å². The Morgan fingerprint density at radius 2 is 2.37 bits per heavy atom. The number of morpholine rings is 1. The number of nitrogens with two attached hydrogens (primary N) is 1. The fourth-order valence-electron chi connectivity index (χ4n) is 2.60. The van der Waals surface area contributed by atoms with Crippen LogP contribution in [0.25, 0.3) is 0 Å².